The molecule has 0 radical (unpaired) electrons. The highest BCUT2D eigenvalue weighted by Crippen LogP contribution is 2.29. The lowest BCUT2D eigenvalue weighted by atomic mass is 9.78. The van der Waals surface area contributed by atoms with Crippen molar-refractivity contribution in [2.75, 3.05) is 26.8 Å². The van der Waals surface area contributed by atoms with Gasteiger partial charge in [-0.1, -0.05) is 27.7 Å². The van der Waals surface area contributed by atoms with Gasteiger partial charge in [0.05, 0.1) is 0 Å². The topological polar surface area (TPSA) is 21.3 Å². The van der Waals surface area contributed by atoms with Crippen LogP contribution >= 0.6 is 0 Å². The first-order chi connectivity index (χ1) is 6.52. The second kappa shape index (κ2) is 7.24. The molecular weight excluding hydrogens is 174 g/mol. The van der Waals surface area contributed by atoms with Crippen LogP contribution in [-0.2, 0) is 4.74 Å². The average molecular weight is 201 g/mol. The van der Waals surface area contributed by atoms with Crippen molar-refractivity contribution < 1.29 is 4.74 Å². The summed E-state index contributed by atoms with van der Waals surface area (Å²) in [5.74, 6) is 0.748. The molecule has 0 saturated carbocycles. The molecule has 0 heterocycles. The molecule has 1 unspecified atom stereocenters. The highest BCUT2D eigenvalue weighted by atomic mass is 16.5. The second-order valence-electron chi connectivity index (χ2n) is 5.01. The number of hydrogen-bond acceptors (Lipinski definition) is 2. The third-order valence-corrected chi connectivity index (χ3v) is 2.77. The molecule has 0 aliphatic heterocycles. The molecule has 14 heavy (non-hydrogen) atoms. The summed E-state index contributed by atoms with van der Waals surface area (Å²) in [4.78, 5) is 0. The van der Waals surface area contributed by atoms with Gasteiger partial charge in [-0.05, 0) is 37.3 Å². The summed E-state index contributed by atoms with van der Waals surface area (Å²) in [5, 5.41) is 3.44. The molecule has 1 N–H and O–H groups in total. The standard InChI is InChI=1S/C12H27NO/c1-6-13-10-11(12(2,3)4)8-7-9-14-5/h11,13H,6-10H2,1-5H3. The molecule has 86 valence electrons. The lowest BCUT2D eigenvalue weighted by molar-refractivity contribution is 0.161. The van der Waals surface area contributed by atoms with E-state index in [0.29, 0.717) is 5.41 Å². The van der Waals surface area contributed by atoms with Crippen LogP contribution in [-0.4, -0.2) is 26.8 Å². The molecule has 0 fully saturated rings. The normalized spacial score (nSPS) is 14.4. The summed E-state index contributed by atoms with van der Waals surface area (Å²) in [6.07, 6.45) is 2.42. The first-order valence-corrected chi connectivity index (χ1v) is 5.72. The highest BCUT2D eigenvalue weighted by Gasteiger charge is 2.23. The fourth-order valence-electron chi connectivity index (χ4n) is 1.63. The second-order valence-corrected chi connectivity index (χ2v) is 5.01. The molecule has 0 aromatic carbocycles. The van der Waals surface area contributed by atoms with Crippen molar-refractivity contribution in [2.24, 2.45) is 11.3 Å². The number of ether oxygens (including phenoxy) is 1. The van der Waals surface area contributed by atoms with Crippen molar-refractivity contribution in [3.05, 3.63) is 0 Å². The maximum absolute atomic E-state index is 5.09. The van der Waals surface area contributed by atoms with E-state index in [9.17, 15) is 0 Å². The summed E-state index contributed by atoms with van der Waals surface area (Å²) in [5.41, 5.74) is 0.399. The van der Waals surface area contributed by atoms with Crippen LogP contribution in [0.3, 0.4) is 0 Å². The van der Waals surface area contributed by atoms with Crippen molar-refractivity contribution in [3.63, 3.8) is 0 Å². The lowest BCUT2D eigenvalue weighted by Crippen LogP contribution is -2.32. The summed E-state index contributed by atoms with van der Waals surface area (Å²) in [6.45, 7) is 12.2. The van der Waals surface area contributed by atoms with Gasteiger partial charge >= 0.3 is 0 Å². The van der Waals surface area contributed by atoms with Crippen LogP contribution < -0.4 is 5.32 Å². The Hall–Kier alpha value is -0.0800. The van der Waals surface area contributed by atoms with Gasteiger partial charge in [-0.25, -0.2) is 0 Å². The summed E-state index contributed by atoms with van der Waals surface area (Å²) in [6, 6.07) is 0. The molecular formula is C12H27NO. The Kier molecular flexibility index (Phi) is 7.20. The van der Waals surface area contributed by atoms with Gasteiger partial charge in [-0.15, -0.1) is 0 Å². The van der Waals surface area contributed by atoms with E-state index in [0.717, 1.165) is 25.6 Å². The lowest BCUT2D eigenvalue weighted by Gasteiger charge is -2.31. The van der Waals surface area contributed by atoms with E-state index in [4.69, 9.17) is 4.74 Å². The predicted molar refractivity (Wildman–Crippen MR) is 62.6 cm³/mol. The Morgan fingerprint density at radius 3 is 2.36 bits per heavy atom. The summed E-state index contributed by atoms with van der Waals surface area (Å²) < 4.78 is 5.09. The number of rotatable bonds is 7. The van der Waals surface area contributed by atoms with Crippen LogP contribution in [0.25, 0.3) is 0 Å². The van der Waals surface area contributed by atoms with Crippen LogP contribution in [0.4, 0.5) is 0 Å². The van der Waals surface area contributed by atoms with Crippen molar-refractivity contribution in [1.29, 1.82) is 0 Å². The molecule has 2 heteroatoms. The number of hydrogen-bond donors (Lipinski definition) is 1. The zero-order valence-electron chi connectivity index (χ0n) is 10.5. The van der Waals surface area contributed by atoms with Gasteiger partial charge in [0.15, 0.2) is 0 Å². The SMILES string of the molecule is CCNCC(CCCOC)C(C)(C)C. The Bertz CT molecular complexity index is 129. The molecule has 0 rings (SSSR count). The largest absolute Gasteiger partial charge is 0.385 e. The van der Waals surface area contributed by atoms with Gasteiger partial charge in [0.1, 0.15) is 0 Å². The molecule has 0 amide bonds. The first-order valence-electron chi connectivity index (χ1n) is 5.72. The van der Waals surface area contributed by atoms with Gasteiger partial charge < -0.3 is 10.1 Å². The highest BCUT2D eigenvalue weighted by molar-refractivity contribution is 4.75. The van der Waals surface area contributed by atoms with Crippen LogP contribution in [0.2, 0.25) is 0 Å². The van der Waals surface area contributed by atoms with Crippen LogP contribution in [0.1, 0.15) is 40.5 Å². The van der Waals surface area contributed by atoms with E-state index >= 15 is 0 Å². The fraction of sp³-hybridized carbons (Fsp3) is 1.00. The van der Waals surface area contributed by atoms with Gasteiger partial charge in [0, 0.05) is 13.7 Å². The van der Waals surface area contributed by atoms with Crippen molar-refractivity contribution >= 4 is 0 Å². The fourth-order valence-corrected chi connectivity index (χ4v) is 1.63. The Morgan fingerprint density at radius 1 is 1.29 bits per heavy atom. The van der Waals surface area contributed by atoms with Crippen molar-refractivity contribution in [1.82, 2.24) is 5.32 Å². The number of nitrogens with one attached hydrogen (secondary N) is 1. The first kappa shape index (κ1) is 13.9. The Morgan fingerprint density at radius 2 is 1.93 bits per heavy atom. The monoisotopic (exact) mass is 201 g/mol. The predicted octanol–water partition coefficient (Wildman–Crippen LogP) is 2.68. The van der Waals surface area contributed by atoms with Gasteiger partial charge in [-0.3, -0.25) is 0 Å². The van der Waals surface area contributed by atoms with Crippen LogP contribution in [0.5, 0.6) is 0 Å². The summed E-state index contributed by atoms with van der Waals surface area (Å²) >= 11 is 0. The molecule has 0 bridgehead atoms. The molecule has 0 aliphatic carbocycles. The molecule has 0 saturated heterocycles. The third kappa shape index (κ3) is 6.39. The average Bonchev–Trinajstić information content (AvgIpc) is 2.09. The van der Waals surface area contributed by atoms with Crippen molar-refractivity contribution in [2.45, 2.75) is 40.5 Å². The zero-order valence-corrected chi connectivity index (χ0v) is 10.5. The maximum atomic E-state index is 5.09. The minimum Gasteiger partial charge on any atom is -0.385 e. The number of methoxy groups -OCH3 is 1. The van der Waals surface area contributed by atoms with E-state index in [2.05, 4.69) is 33.0 Å². The van der Waals surface area contributed by atoms with E-state index in [1.54, 1.807) is 7.11 Å². The molecule has 0 aromatic rings. The minimum absolute atomic E-state index is 0.399. The van der Waals surface area contributed by atoms with E-state index in [1.807, 2.05) is 0 Å². The third-order valence-electron chi connectivity index (χ3n) is 2.77. The smallest absolute Gasteiger partial charge is 0.0462 e. The zero-order chi connectivity index (χ0) is 11.0. The quantitative estimate of drug-likeness (QED) is 0.639. The van der Waals surface area contributed by atoms with Crippen LogP contribution in [0, 0.1) is 11.3 Å². The molecule has 2 nitrogen and oxygen atoms in total. The van der Waals surface area contributed by atoms with Crippen LogP contribution in [0.15, 0.2) is 0 Å². The van der Waals surface area contributed by atoms with E-state index in [-0.39, 0.29) is 0 Å². The minimum atomic E-state index is 0.399. The van der Waals surface area contributed by atoms with E-state index in [1.165, 1.54) is 12.8 Å². The Labute approximate surface area is 89.4 Å². The maximum Gasteiger partial charge on any atom is 0.0462 e. The van der Waals surface area contributed by atoms with Gasteiger partial charge in [-0.2, -0.15) is 0 Å². The molecule has 1 atom stereocenters. The van der Waals surface area contributed by atoms with Gasteiger partial charge in [0.2, 0.25) is 0 Å². The van der Waals surface area contributed by atoms with Crippen molar-refractivity contribution in [3.8, 4) is 0 Å². The van der Waals surface area contributed by atoms with Gasteiger partial charge in [0.25, 0.3) is 0 Å². The molecule has 0 aliphatic rings. The van der Waals surface area contributed by atoms with E-state index < -0.39 is 0 Å². The Balaban J connectivity index is 3.85. The molecule has 0 spiro atoms. The summed E-state index contributed by atoms with van der Waals surface area (Å²) in [7, 11) is 1.77. The molecule has 0 aromatic heterocycles.